The van der Waals surface area contributed by atoms with Crippen molar-refractivity contribution in [2.45, 2.75) is 39.5 Å². The Balaban J connectivity index is 0.000000561. The molecule has 0 spiro atoms. The van der Waals surface area contributed by atoms with E-state index in [0.717, 1.165) is 24.0 Å². The minimum atomic E-state index is 0.994. The minimum Gasteiger partial charge on any atom is -0.308 e. The third-order valence-corrected chi connectivity index (χ3v) is 1.90. The van der Waals surface area contributed by atoms with Crippen LogP contribution in [0.15, 0.2) is 11.1 Å². The molecule has 0 bridgehead atoms. The Morgan fingerprint density at radius 3 is 1.50 bits per heavy atom. The first-order valence-corrected chi connectivity index (χ1v) is 4.61. The molecule has 0 unspecified atom stereocenters. The number of nitrogens with one attached hydrogen (secondary N) is 2. The summed E-state index contributed by atoms with van der Waals surface area (Å²) in [6, 6.07) is 0. The summed E-state index contributed by atoms with van der Waals surface area (Å²) >= 11 is 0. The largest absolute Gasteiger partial charge is 0.308 e. The van der Waals surface area contributed by atoms with Gasteiger partial charge in [0.25, 0.3) is 0 Å². The van der Waals surface area contributed by atoms with E-state index in [1.165, 1.54) is 25.3 Å². The normalized spacial score (nSPS) is 16.2. The number of rotatable bonds is 2. The molecule has 0 aliphatic heterocycles. The Morgan fingerprint density at radius 2 is 1.25 bits per heavy atom. The maximum absolute atomic E-state index is 7.04. The molecule has 2 nitrogen and oxygen atoms in total. The molecule has 0 saturated heterocycles. The summed E-state index contributed by atoms with van der Waals surface area (Å²) in [7, 11) is 0. The average Bonchev–Trinajstić information content (AvgIpc) is 2.20. The van der Waals surface area contributed by atoms with Crippen LogP contribution in [0.3, 0.4) is 0 Å². The molecule has 12 heavy (non-hydrogen) atoms. The fourth-order valence-electron chi connectivity index (χ4n) is 1.28. The van der Waals surface area contributed by atoms with Crippen molar-refractivity contribution < 1.29 is 0 Å². The van der Waals surface area contributed by atoms with Crippen LogP contribution in [0.4, 0.5) is 0 Å². The van der Waals surface area contributed by atoms with Gasteiger partial charge in [-0.15, -0.1) is 0 Å². The molecule has 0 aromatic carbocycles. The summed E-state index contributed by atoms with van der Waals surface area (Å²) in [4.78, 5) is 0. The van der Waals surface area contributed by atoms with Gasteiger partial charge in [0.15, 0.2) is 0 Å². The Hall–Kier alpha value is -0.920. The number of hydrogen-bond acceptors (Lipinski definition) is 2. The Kier molecular flexibility index (Phi) is 6.25. The second-order valence-corrected chi connectivity index (χ2v) is 2.55. The van der Waals surface area contributed by atoms with Crippen LogP contribution in [0.2, 0.25) is 0 Å². The van der Waals surface area contributed by atoms with E-state index in [4.69, 9.17) is 10.8 Å². The first-order chi connectivity index (χ1) is 5.88. The first-order valence-electron chi connectivity index (χ1n) is 4.61. The highest BCUT2D eigenvalue weighted by Crippen LogP contribution is 2.21. The van der Waals surface area contributed by atoms with Gasteiger partial charge in [0.1, 0.15) is 0 Å². The smallest absolute Gasteiger partial charge is 0.0213 e. The van der Waals surface area contributed by atoms with E-state index in [1.54, 1.807) is 0 Å². The molecule has 0 saturated carbocycles. The highest BCUT2D eigenvalue weighted by atomic mass is 14.4. The summed E-state index contributed by atoms with van der Waals surface area (Å²) < 4.78 is 0. The lowest BCUT2D eigenvalue weighted by molar-refractivity contribution is 0.706. The van der Waals surface area contributed by atoms with E-state index in [2.05, 4.69) is 0 Å². The molecule has 1 aliphatic carbocycles. The van der Waals surface area contributed by atoms with Gasteiger partial charge < -0.3 is 10.8 Å². The fraction of sp³-hybridized carbons (Fsp3) is 0.600. The lowest BCUT2D eigenvalue weighted by atomic mass is 9.93. The van der Waals surface area contributed by atoms with Crippen molar-refractivity contribution in [3.05, 3.63) is 11.1 Å². The molecule has 0 aromatic heterocycles. The first kappa shape index (κ1) is 11.1. The third-order valence-electron chi connectivity index (χ3n) is 1.90. The van der Waals surface area contributed by atoms with Gasteiger partial charge in [-0.1, -0.05) is 13.8 Å². The summed E-state index contributed by atoms with van der Waals surface area (Å²) in [5.74, 6) is 0. The standard InChI is InChI=1S/C8H12N2.C2H6/c9-5-7-3-1-2-4-8(7)6-10;1-2/h5-6,9-10H,1-4H2;1-2H3. The van der Waals surface area contributed by atoms with Crippen LogP contribution in [0, 0.1) is 10.8 Å². The van der Waals surface area contributed by atoms with Crippen LogP contribution in [-0.2, 0) is 0 Å². The van der Waals surface area contributed by atoms with E-state index < -0.39 is 0 Å². The maximum atomic E-state index is 7.04. The zero-order chi connectivity index (χ0) is 9.40. The molecule has 1 rings (SSSR count). The van der Waals surface area contributed by atoms with Crippen molar-refractivity contribution in [3.63, 3.8) is 0 Å². The predicted molar refractivity (Wildman–Crippen MR) is 54.4 cm³/mol. The Labute approximate surface area is 74.7 Å². The Bertz CT molecular complexity index is 160. The second kappa shape index (κ2) is 6.77. The van der Waals surface area contributed by atoms with E-state index in [9.17, 15) is 0 Å². The molecule has 2 N–H and O–H groups in total. The number of allylic oxidation sites excluding steroid dienone is 2. The molecule has 0 fully saturated rings. The van der Waals surface area contributed by atoms with Crippen LogP contribution in [-0.4, -0.2) is 12.4 Å². The van der Waals surface area contributed by atoms with Crippen LogP contribution in [0.1, 0.15) is 39.5 Å². The molecule has 0 aromatic rings. The lowest BCUT2D eigenvalue weighted by Gasteiger charge is -2.12. The van der Waals surface area contributed by atoms with E-state index >= 15 is 0 Å². The third kappa shape index (κ3) is 2.99. The van der Waals surface area contributed by atoms with Crippen molar-refractivity contribution >= 4 is 12.4 Å². The van der Waals surface area contributed by atoms with E-state index in [1.807, 2.05) is 13.8 Å². The van der Waals surface area contributed by atoms with Gasteiger partial charge in [-0.2, -0.15) is 0 Å². The zero-order valence-electron chi connectivity index (χ0n) is 7.98. The quantitative estimate of drug-likeness (QED) is 0.592. The average molecular weight is 166 g/mol. The SMILES string of the molecule is CC.N=CC1=C(C=N)CCCC1. The monoisotopic (exact) mass is 166 g/mol. The molecule has 0 heterocycles. The van der Waals surface area contributed by atoms with Gasteiger partial charge in [0, 0.05) is 12.4 Å². The maximum Gasteiger partial charge on any atom is 0.0213 e. The zero-order valence-corrected chi connectivity index (χ0v) is 7.98. The van der Waals surface area contributed by atoms with Crippen molar-refractivity contribution in [2.75, 3.05) is 0 Å². The van der Waals surface area contributed by atoms with Crippen LogP contribution in [0.5, 0.6) is 0 Å². The van der Waals surface area contributed by atoms with Crippen molar-refractivity contribution in [3.8, 4) is 0 Å². The molecular formula is C10H18N2. The van der Waals surface area contributed by atoms with E-state index in [-0.39, 0.29) is 0 Å². The molecule has 0 radical (unpaired) electrons. The summed E-state index contributed by atoms with van der Waals surface area (Å²) in [6.07, 6.45) is 7.13. The van der Waals surface area contributed by atoms with Crippen LogP contribution >= 0.6 is 0 Å². The van der Waals surface area contributed by atoms with Gasteiger partial charge in [-0.05, 0) is 36.8 Å². The molecule has 2 heteroatoms. The molecule has 0 atom stereocenters. The highest BCUT2D eigenvalue weighted by molar-refractivity contribution is 5.89. The van der Waals surface area contributed by atoms with Gasteiger partial charge in [0.05, 0.1) is 0 Å². The lowest BCUT2D eigenvalue weighted by Crippen LogP contribution is -2.00. The van der Waals surface area contributed by atoms with Gasteiger partial charge in [-0.25, -0.2) is 0 Å². The number of hydrogen-bond donors (Lipinski definition) is 2. The van der Waals surface area contributed by atoms with Gasteiger partial charge >= 0.3 is 0 Å². The van der Waals surface area contributed by atoms with Crippen LogP contribution < -0.4 is 0 Å². The highest BCUT2D eigenvalue weighted by Gasteiger charge is 2.07. The van der Waals surface area contributed by atoms with Gasteiger partial charge in [-0.3, -0.25) is 0 Å². The topological polar surface area (TPSA) is 47.7 Å². The second-order valence-electron chi connectivity index (χ2n) is 2.55. The molecule has 68 valence electrons. The van der Waals surface area contributed by atoms with Crippen molar-refractivity contribution in [2.24, 2.45) is 0 Å². The fourth-order valence-corrected chi connectivity index (χ4v) is 1.28. The van der Waals surface area contributed by atoms with Crippen LogP contribution in [0.25, 0.3) is 0 Å². The predicted octanol–water partition coefficient (Wildman–Crippen LogP) is 3.18. The van der Waals surface area contributed by atoms with Gasteiger partial charge in [0.2, 0.25) is 0 Å². The molecule has 1 aliphatic rings. The van der Waals surface area contributed by atoms with E-state index in [0.29, 0.717) is 0 Å². The summed E-state index contributed by atoms with van der Waals surface area (Å²) in [5, 5.41) is 14.1. The minimum absolute atomic E-state index is 0.994. The molecule has 0 amide bonds. The summed E-state index contributed by atoms with van der Waals surface area (Å²) in [6.45, 7) is 4.00. The van der Waals surface area contributed by atoms with Crippen molar-refractivity contribution in [1.29, 1.82) is 10.8 Å². The summed E-state index contributed by atoms with van der Waals surface area (Å²) in [5.41, 5.74) is 2.11. The molecular weight excluding hydrogens is 148 g/mol. The Morgan fingerprint density at radius 1 is 0.917 bits per heavy atom. The van der Waals surface area contributed by atoms with Crippen molar-refractivity contribution in [1.82, 2.24) is 0 Å².